The van der Waals surface area contributed by atoms with Crippen molar-refractivity contribution in [2.24, 2.45) is 0 Å². The number of H-pyrrole nitrogens is 1. The summed E-state index contributed by atoms with van der Waals surface area (Å²) in [7, 11) is 0. The van der Waals surface area contributed by atoms with Gasteiger partial charge in [-0.3, -0.25) is 0 Å². The Hall–Kier alpha value is -3.59. The fourth-order valence-corrected chi connectivity index (χ4v) is 2.34. The molecule has 0 saturated carbocycles. The maximum atomic E-state index is 13.0. The summed E-state index contributed by atoms with van der Waals surface area (Å²) in [5, 5.41) is 17.1. The highest BCUT2D eigenvalue weighted by Gasteiger charge is 2.09. The molecule has 0 amide bonds. The third kappa shape index (κ3) is 3.98. The topological polar surface area (TPSA) is 102 Å². The summed E-state index contributed by atoms with van der Waals surface area (Å²) in [5.41, 5.74) is 1.56. The van der Waals surface area contributed by atoms with Gasteiger partial charge in [-0.15, -0.1) is 10.2 Å². The molecule has 4 rings (SSSR count). The van der Waals surface area contributed by atoms with E-state index in [-0.39, 0.29) is 16.7 Å². The Morgan fingerprint density at radius 2 is 1.81 bits per heavy atom. The fraction of sp³-hybridized carbons (Fsp3) is 0. The number of hydrogen-bond acceptors (Lipinski definition) is 7. The molecule has 2 heterocycles. The van der Waals surface area contributed by atoms with Gasteiger partial charge in [-0.2, -0.15) is 10.2 Å². The van der Waals surface area contributed by atoms with Crippen molar-refractivity contribution in [2.45, 2.75) is 0 Å². The van der Waals surface area contributed by atoms with Crippen molar-refractivity contribution in [3.05, 3.63) is 65.6 Å². The predicted octanol–water partition coefficient (Wildman–Crippen LogP) is 3.99. The van der Waals surface area contributed by atoms with Gasteiger partial charge in [0.15, 0.2) is 0 Å². The third-order valence-corrected chi connectivity index (χ3v) is 3.74. The van der Waals surface area contributed by atoms with Crippen LogP contribution in [0.15, 0.2) is 54.7 Å². The van der Waals surface area contributed by atoms with Crippen molar-refractivity contribution >= 4 is 23.2 Å². The van der Waals surface area contributed by atoms with Gasteiger partial charge in [-0.1, -0.05) is 11.6 Å². The Balaban J connectivity index is 1.51. The van der Waals surface area contributed by atoms with E-state index in [9.17, 15) is 4.39 Å². The van der Waals surface area contributed by atoms with Crippen LogP contribution in [0, 0.1) is 5.82 Å². The molecule has 0 atom stereocenters. The Kier molecular flexibility index (Phi) is 4.58. The molecule has 0 unspecified atom stereocenters. The average Bonchev–Trinajstić information content (AvgIpc) is 3.22. The normalized spacial score (nSPS) is 10.6. The number of rotatable bonds is 5. The van der Waals surface area contributed by atoms with Gasteiger partial charge in [0.1, 0.15) is 16.6 Å². The molecular formula is C17H11ClFN7O. The molecular weight excluding hydrogens is 373 g/mol. The summed E-state index contributed by atoms with van der Waals surface area (Å²) in [6.07, 6.45) is 1.42. The Labute approximate surface area is 157 Å². The summed E-state index contributed by atoms with van der Waals surface area (Å²) in [5.74, 6) is 1.00. The molecule has 8 nitrogen and oxygen atoms in total. The number of tetrazole rings is 1. The number of nitrogens with zero attached hydrogens (tertiary/aromatic N) is 5. The van der Waals surface area contributed by atoms with E-state index in [0.29, 0.717) is 17.5 Å². The quantitative estimate of drug-likeness (QED) is 0.537. The van der Waals surface area contributed by atoms with Gasteiger partial charge in [-0.25, -0.2) is 9.37 Å². The molecule has 4 aromatic rings. The zero-order chi connectivity index (χ0) is 18.6. The molecule has 2 N–H and O–H groups in total. The van der Waals surface area contributed by atoms with Crippen molar-refractivity contribution in [3.8, 4) is 23.0 Å². The monoisotopic (exact) mass is 383 g/mol. The molecule has 0 aliphatic carbocycles. The third-order valence-electron chi connectivity index (χ3n) is 3.48. The van der Waals surface area contributed by atoms with Crippen LogP contribution in [-0.2, 0) is 0 Å². The molecule has 2 aromatic heterocycles. The Bertz CT molecular complexity index is 1040. The number of halogens is 2. The first kappa shape index (κ1) is 16.9. The van der Waals surface area contributed by atoms with Crippen molar-refractivity contribution in [3.63, 3.8) is 0 Å². The molecule has 0 aliphatic rings. The Morgan fingerprint density at radius 3 is 2.52 bits per heavy atom. The van der Waals surface area contributed by atoms with E-state index in [1.54, 1.807) is 0 Å². The SMILES string of the molecule is Fc1ccc(Oc2nc(Nc3ccc(-c4nn[nH]n4)cc3)ncc2Cl)cc1. The largest absolute Gasteiger partial charge is 0.437 e. The Morgan fingerprint density at radius 1 is 1.04 bits per heavy atom. The smallest absolute Gasteiger partial charge is 0.243 e. The fourth-order valence-electron chi connectivity index (χ4n) is 2.21. The van der Waals surface area contributed by atoms with Crippen molar-refractivity contribution in [2.75, 3.05) is 5.32 Å². The van der Waals surface area contributed by atoms with E-state index < -0.39 is 0 Å². The first-order chi connectivity index (χ1) is 13.2. The second-order valence-corrected chi connectivity index (χ2v) is 5.75. The molecule has 0 fully saturated rings. The van der Waals surface area contributed by atoms with Crippen LogP contribution in [0.2, 0.25) is 5.02 Å². The van der Waals surface area contributed by atoms with Crippen molar-refractivity contribution in [1.82, 2.24) is 30.6 Å². The van der Waals surface area contributed by atoms with Crippen LogP contribution in [0.1, 0.15) is 0 Å². The lowest BCUT2D eigenvalue weighted by Gasteiger charge is -2.09. The second-order valence-electron chi connectivity index (χ2n) is 5.34. The molecule has 0 radical (unpaired) electrons. The predicted molar refractivity (Wildman–Crippen MR) is 96.4 cm³/mol. The molecule has 10 heteroatoms. The molecule has 0 spiro atoms. The number of hydrogen-bond donors (Lipinski definition) is 2. The minimum Gasteiger partial charge on any atom is -0.437 e. The number of anilines is 2. The summed E-state index contributed by atoms with van der Waals surface area (Å²) >= 11 is 6.08. The lowest BCUT2D eigenvalue weighted by Crippen LogP contribution is -1.99. The lowest BCUT2D eigenvalue weighted by molar-refractivity contribution is 0.461. The van der Waals surface area contributed by atoms with Crippen LogP contribution in [0.5, 0.6) is 11.6 Å². The van der Waals surface area contributed by atoms with Crippen molar-refractivity contribution in [1.29, 1.82) is 0 Å². The van der Waals surface area contributed by atoms with Gasteiger partial charge in [0, 0.05) is 11.3 Å². The number of aromatic amines is 1. The summed E-state index contributed by atoms with van der Waals surface area (Å²) in [4.78, 5) is 8.38. The van der Waals surface area contributed by atoms with Crippen LogP contribution in [0.25, 0.3) is 11.4 Å². The molecule has 0 saturated heterocycles. The summed E-state index contributed by atoms with van der Waals surface area (Å²) in [6.45, 7) is 0. The lowest BCUT2D eigenvalue weighted by atomic mass is 10.2. The number of benzene rings is 2. The van der Waals surface area contributed by atoms with E-state index in [1.165, 1.54) is 30.5 Å². The van der Waals surface area contributed by atoms with E-state index in [0.717, 1.165) is 11.3 Å². The van der Waals surface area contributed by atoms with Gasteiger partial charge >= 0.3 is 0 Å². The maximum absolute atomic E-state index is 13.0. The van der Waals surface area contributed by atoms with Gasteiger partial charge in [0.05, 0.1) is 6.20 Å². The van der Waals surface area contributed by atoms with Crippen LogP contribution in [-0.4, -0.2) is 30.6 Å². The summed E-state index contributed by atoms with van der Waals surface area (Å²) in [6, 6.07) is 12.9. The number of aromatic nitrogens is 6. The number of nitrogens with one attached hydrogen (secondary N) is 2. The zero-order valence-electron chi connectivity index (χ0n) is 13.6. The molecule has 0 bridgehead atoms. The van der Waals surface area contributed by atoms with Crippen LogP contribution >= 0.6 is 11.6 Å². The molecule has 134 valence electrons. The van der Waals surface area contributed by atoms with Crippen LogP contribution < -0.4 is 10.1 Å². The molecule has 27 heavy (non-hydrogen) atoms. The van der Waals surface area contributed by atoms with Gasteiger partial charge in [-0.05, 0) is 53.7 Å². The van der Waals surface area contributed by atoms with E-state index in [1.807, 2.05) is 24.3 Å². The highest BCUT2D eigenvalue weighted by Crippen LogP contribution is 2.28. The van der Waals surface area contributed by atoms with Crippen LogP contribution in [0.4, 0.5) is 16.0 Å². The number of ether oxygens (including phenoxy) is 1. The van der Waals surface area contributed by atoms with Gasteiger partial charge in [0.25, 0.3) is 0 Å². The van der Waals surface area contributed by atoms with Crippen molar-refractivity contribution < 1.29 is 9.13 Å². The van der Waals surface area contributed by atoms with Gasteiger partial charge < -0.3 is 10.1 Å². The zero-order valence-corrected chi connectivity index (χ0v) is 14.4. The summed E-state index contributed by atoms with van der Waals surface area (Å²) < 4.78 is 18.6. The molecule has 2 aromatic carbocycles. The highest BCUT2D eigenvalue weighted by atomic mass is 35.5. The van der Waals surface area contributed by atoms with Gasteiger partial charge in [0.2, 0.25) is 17.7 Å². The molecule has 0 aliphatic heterocycles. The first-order valence-electron chi connectivity index (χ1n) is 7.74. The van der Waals surface area contributed by atoms with E-state index in [4.69, 9.17) is 16.3 Å². The minimum atomic E-state index is -0.359. The first-order valence-corrected chi connectivity index (χ1v) is 8.12. The van der Waals surface area contributed by atoms with E-state index in [2.05, 4.69) is 35.9 Å². The van der Waals surface area contributed by atoms with E-state index >= 15 is 0 Å². The van der Waals surface area contributed by atoms with Crippen LogP contribution in [0.3, 0.4) is 0 Å². The average molecular weight is 384 g/mol. The maximum Gasteiger partial charge on any atom is 0.243 e. The highest BCUT2D eigenvalue weighted by molar-refractivity contribution is 6.31. The standard InChI is InChI=1S/C17H11ClFN7O/c18-14-9-20-17(22-16(14)27-13-7-3-11(19)4-8-13)21-12-5-1-10(2-6-12)15-23-25-26-24-15/h1-9H,(H,20,21,22)(H,23,24,25,26). The second kappa shape index (κ2) is 7.34. The minimum absolute atomic E-state index is 0.157.